The van der Waals surface area contributed by atoms with Crippen molar-refractivity contribution in [2.45, 2.75) is 19.2 Å². The molecule has 0 aromatic heterocycles. The highest BCUT2D eigenvalue weighted by Crippen LogP contribution is 2.13. The minimum Gasteiger partial charge on any atom is -0.475 e. The third-order valence-electron chi connectivity index (χ3n) is 1.87. The lowest BCUT2D eigenvalue weighted by Crippen LogP contribution is -2.40. The number of morpholine rings is 1. The van der Waals surface area contributed by atoms with Crippen molar-refractivity contribution < 1.29 is 32.9 Å². The van der Waals surface area contributed by atoms with Crippen molar-refractivity contribution in [3.8, 4) is 0 Å². The minimum absolute atomic E-state index is 0.210. The second-order valence-corrected chi connectivity index (χ2v) is 3.56. The molecule has 1 aliphatic rings. The highest BCUT2D eigenvalue weighted by atomic mass is 19.4. The Labute approximate surface area is 96.8 Å². The summed E-state index contributed by atoms with van der Waals surface area (Å²) < 4.78 is 36.9. The van der Waals surface area contributed by atoms with Gasteiger partial charge in [0.25, 0.3) is 0 Å². The number of aliphatic carboxylic acids is 1. The smallest absolute Gasteiger partial charge is 0.475 e. The molecule has 0 spiro atoms. The predicted molar refractivity (Wildman–Crippen MR) is 52.6 cm³/mol. The number of aliphatic hydroxyl groups is 1. The van der Waals surface area contributed by atoms with Gasteiger partial charge < -0.3 is 14.9 Å². The van der Waals surface area contributed by atoms with Crippen LogP contribution >= 0.6 is 0 Å². The third kappa shape index (κ3) is 8.90. The molecule has 1 unspecified atom stereocenters. The molecule has 5 nitrogen and oxygen atoms in total. The van der Waals surface area contributed by atoms with E-state index < -0.39 is 12.1 Å². The molecule has 17 heavy (non-hydrogen) atoms. The highest BCUT2D eigenvalue weighted by Gasteiger charge is 2.38. The van der Waals surface area contributed by atoms with Gasteiger partial charge in [-0.3, -0.25) is 4.90 Å². The normalized spacial score (nSPS) is 19.1. The van der Waals surface area contributed by atoms with Crippen LogP contribution in [0.2, 0.25) is 0 Å². The second-order valence-electron chi connectivity index (χ2n) is 3.56. The summed E-state index contributed by atoms with van der Waals surface area (Å²) in [7, 11) is 0. The molecule has 1 atom stereocenters. The summed E-state index contributed by atoms with van der Waals surface area (Å²) in [6, 6.07) is 0. The van der Waals surface area contributed by atoms with Crippen LogP contribution in [0.25, 0.3) is 0 Å². The summed E-state index contributed by atoms with van der Waals surface area (Å²) in [5, 5.41) is 16.1. The van der Waals surface area contributed by atoms with Crippen molar-refractivity contribution in [3.63, 3.8) is 0 Å². The molecule has 0 saturated carbocycles. The van der Waals surface area contributed by atoms with Crippen LogP contribution in [0.15, 0.2) is 0 Å². The topological polar surface area (TPSA) is 70.0 Å². The maximum Gasteiger partial charge on any atom is 0.490 e. The fraction of sp³-hybridized carbons (Fsp3) is 0.889. The Kier molecular flexibility index (Phi) is 7.09. The maximum atomic E-state index is 10.6. The van der Waals surface area contributed by atoms with Crippen molar-refractivity contribution in [1.82, 2.24) is 4.90 Å². The molecule has 1 heterocycles. The number of aliphatic hydroxyl groups excluding tert-OH is 1. The van der Waals surface area contributed by atoms with Gasteiger partial charge in [0.2, 0.25) is 0 Å². The number of ether oxygens (including phenoxy) is 1. The molecule has 1 aliphatic heterocycles. The molecule has 0 aromatic carbocycles. The first kappa shape index (κ1) is 16.1. The molecule has 0 radical (unpaired) electrons. The van der Waals surface area contributed by atoms with Crippen LogP contribution in [0.1, 0.15) is 6.92 Å². The molecule has 0 aliphatic carbocycles. The van der Waals surface area contributed by atoms with Gasteiger partial charge in [0.1, 0.15) is 0 Å². The van der Waals surface area contributed by atoms with E-state index in [-0.39, 0.29) is 6.10 Å². The summed E-state index contributed by atoms with van der Waals surface area (Å²) in [5.41, 5.74) is 0. The Balaban J connectivity index is 0.000000325. The van der Waals surface area contributed by atoms with Gasteiger partial charge in [0, 0.05) is 19.6 Å². The molecule has 1 saturated heterocycles. The number of carboxylic acids is 1. The first-order valence-corrected chi connectivity index (χ1v) is 5.01. The Morgan fingerprint density at radius 2 is 1.82 bits per heavy atom. The largest absolute Gasteiger partial charge is 0.490 e. The van der Waals surface area contributed by atoms with Crippen LogP contribution in [0.4, 0.5) is 13.2 Å². The van der Waals surface area contributed by atoms with Crippen LogP contribution in [-0.4, -0.2) is 66.2 Å². The van der Waals surface area contributed by atoms with E-state index in [0.717, 1.165) is 32.8 Å². The fourth-order valence-corrected chi connectivity index (χ4v) is 1.16. The van der Waals surface area contributed by atoms with E-state index in [9.17, 15) is 13.2 Å². The zero-order valence-corrected chi connectivity index (χ0v) is 9.40. The van der Waals surface area contributed by atoms with E-state index in [1.807, 2.05) is 6.92 Å². The quantitative estimate of drug-likeness (QED) is 0.748. The van der Waals surface area contributed by atoms with Crippen molar-refractivity contribution in [2.24, 2.45) is 0 Å². The van der Waals surface area contributed by atoms with Crippen molar-refractivity contribution in [1.29, 1.82) is 0 Å². The van der Waals surface area contributed by atoms with E-state index in [1.165, 1.54) is 0 Å². The molecular formula is C9H16F3NO4. The lowest BCUT2D eigenvalue weighted by atomic mass is 10.3. The number of nitrogens with zero attached hydrogens (tertiary/aromatic N) is 1. The lowest BCUT2D eigenvalue weighted by molar-refractivity contribution is -0.192. The molecule has 1 fully saturated rings. The SMILES string of the molecule is CC(O)CN1CCOCC1.O=C(O)C(F)(F)F. The Hall–Kier alpha value is -0.860. The standard InChI is InChI=1S/C7H15NO2.C2HF3O2/c1-7(9)6-8-2-4-10-5-3-8;3-2(4,5)1(6)7/h7,9H,2-6H2,1H3;(H,6,7). The van der Waals surface area contributed by atoms with Gasteiger partial charge in [-0.2, -0.15) is 13.2 Å². The average Bonchev–Trinajstić information content (AvgIpc) is 2.17. The van der Waals surface area contributed by atoms with E-state index in [2.05, 4.69) is 4.90 Å². The zero-order chi connectivity index (χ0) is 13.5. The average molecular weight is 259 g/mol. The summed E-state index contributed by atoms with van der Waals surface area (Å²) in [5.74, 6) is -2.76. The molecule has 0 aromatic rings. The number of carbonyl (C=O) groups is 1. The van der Waals surface area contributed by atoms with Crippen molar-refractivity contribution in [2.75, 3.05) is 32.8 Å². The van der Waals surface area contributed by atoms with Gasteiger partial charge in [0.15, 0.2) is 0 Å². The van der Waals surface area contributed by atoms with Gasteiger partial charge in [0.05, 0.1) is 19.3 Å². The number of β-amino-alcohol motifs (C(OH)–C–C–N with tert-alkyl or cyclic N) is 1. The summed E-state index contributed by atoms with van der Waals surface area (Å²) in [4.78, 5) is 11.1. The highest BCUT2D eigenvalue weighted by molar-refractivity contribution is 5.73. The first-order valence-electron chi connectivity index (χ1n) is 5.01. The number of alkyl halides is 3. The van der Waals surface area contributed by atoms with E-state index in [1.54, 1.807) is 0 Å². The van der Waals surface area contributed by atoms with Gasteiger partial charge in [-0.1, -0.05) is 0 Å². The van der Waals surface area contributed by atoms with Gasteiger partial charge >= 0.3 is 12.1 Å². The molecule has 1 rings (SSSR count). The Bertz CT molecular complexity index is 227. The molecule has 102 valence electrons. The Morgan fingerprint density at radius 3 is 2.12 bits per heavy atom. The Morgan fingerprint density at radius 1 is 1.41 bits per heavy atom. The van der Waals surface area contributed by atoms with E-state index >= 15 is 0 Å². The summed E-state index contributed by atoms with van der Waals surface area (Å²) in [6.45, 7) is 6.15. The van der Waals surface area contributed by atoms with Crippen LogP contribution in [0, 0.1) is 0 Å². The predicted octanol–water partition coefficient (Wildman–Crippen LogP) is 0.333. The monoisotopic (exact) mass is 259 g/mol. The minimum atomic E-state index is -5.08. The number of hydrogen-bond donors (Lipinski definition) is 2. The number of hydrogen-bond acceptors (Lipinski definition) is 4. The van der Waals surface area contributed by atoms with Crippen LogP contribution < -0.4 is 0 Å². The summed E-state index contributed by atoms with van der Waals surface area (Å²) in [6.07, 6.45) is -5.29. The number of carboxylic acid groups (broad SMARTS) is 1. The van der Waals surface area contributed by atoms with E-state index in [4.69, 9.17) is 19.7 Å². The van der Waals surface area contributed by atoms with Crippen LogP contribution in [0.5, 0.6) is 0 Å². The lowest BCUT2D eigenvalue weighted by Gasteiger charge is -2.27. The zero-order valence-electron chi connectivity index (χ0n) is 9.40. The maximum absolute atomic E-state index is 10.6. The second kappa shape index (κ2) is 7.46. The van der Waals surface area contributed by atoms with Gasteiger partial charge in [-0.25, -0.2) is 4.79 Å². The molecule has 8 heteroatoms. The molecule has 2 N–H and O–H groups in total. The molecule has 0 bridgehead atoms. The molecular weight excluding hydrogens is 243 g/mol. The van der Waals surface area contributed by atoms with Crippen LogP contribution in [-0.2, 0) is 9.53 Å². The van der Waals surface area contributed by atoms with Gasteiger partial charge in [-0.05, 0) is 6.92 Å². The van der Waals surface area contributed by atoms with Gasteiger partial charge in [-0.15, -0.1) is 0 Å². The van der Waals surface area contributed by atoms with Crippen molar-refractivity contribution >= 4 is 5.97 Å². The first-order chi connectivity index (χ1) is 7.73. The molecule has 0 amide bonds. The number of rotatable bonds is 2. The number of halogens is 3. The van der Waals surface area contributed by atoms with E-state index in [0.29, 0.717) is 0 Å². The summed E-state index contributed by atoms with van der Waals surface area (Å²) >= 11 is 0. The van der Waals surface area contributed by atoms with Crippen LogP contribution in [0.3, 0.4) is 0 Å². The fourth-order valence-electron chi connectivity index (χ4n) is 1.16. The van der Waals surface area contributed by atoms with Crippen molar-refractivity contribution in [3.05, 3.63) is 0 Å². The third-order valence-corrected chi connectivity index (χ3v) is 1.87.